The van der Waals surface area contributed by atoms with Crippen molar-refractivity contribution in [2.24, 2.45) is 0 Å². The lowest BCUT2D eigenvalue weighted by atomic mass is 10.2. The van der Waals surface area contributed by atoms with Gasteiger partial charge in [0, 0.05) is 24.6 Å². The van der Waals surface area contributed by atoms with E-state index in [1.807, 2.05) is 60.9 Å². The fraction of sp³-hybridized carbons (Fsp3) is 0.125. The summed E-state index contributed by atoms with van der Waals surface area (Å²) in [7, 11) is 0. The van der Waals surface area contributed by atoms with Crippen molar-refractivity contribution in [3.8, 4) is 11.6 Å². The number of fused-ring (bicyclic) bond motifs is 1. The monoisotopic (exact) mass is 423 g/mol. The lowest BCUT2D eigenvalue weighted by Gasteiger charge is -2.08. The third-order valence-corrected chi connectivity index (χ3v) is 5.20. The SMILES string of the molecule is Cc1cc(C)n(-c2ccc(C(=O)NCc3ccc(-n4cnc5ccccc54)nc3)cn2)n1. The minimum Gasteiger partial charge on any atom is -0.348 e. The van der Waals surface area contributed by atoms with E-state index in [-0.39, 0.29) is 5.91 Å². The van der Waals surface area contributed by atoms with E-state index in [1.165, 1.54) is 0 Å². The molecule has 0 radical (unpaired) electrons. The molecule has 0 aliphatic rings. The number of aryl methyl sites for hydroxylation is 2. The summed E-state index contributed by atoms with van der Waals surface area (Å²) in [4.78, 5) is 25.8. The number of carbonyl (C=O) groups excluding carboxylic acids is 1. The number of hydrogen-bond acceptors (Lipinski definition) is 5. The summed E-state index contributed by atoms with van der Waals surface area (Å²) in [6.45, 7) is 4.28. The Kier molecular flexibility index (Phi) is 4.95. The van der Waals surface area contributed by atoms with E-state index in [9.17, 15) is 4.79 Å². The summed E-state index contributed by atoms with van der Waals surface area (Å²) in [5, 5.41) is 7.33. The number of aromatic nitrogens is 6. The van der Waals surface area contributed by atoms with E-state index in [2.05, 4.69) is 25.4 Å². The van der Waals surface area contributed by atoms with Crippen LogP contribution in [0.2, 0.25) is 0 Å². The maximum Gasteiger partial charge on any atom is 0.253 e. The molecule has 0 bridgehead atoms. The number of benzene rings is 1. The largest absolute Gasteiger partial charge is 0.348 e. The van der Waals surface area contributed by atoms with Gasteiger partial charge in [0.05, 0.1) is 22.3 Å². The van der Waals surface area contributed by atoms with Crippen molar-refractivity contribution in [2.75, 3.05) is 0 Å². The molecular formula is C24H21N7O. The standard InChI is InChI=1S/C24H21N7O/c1-16-11-17(2)31(29-16)23-10-8-19(14-26-23)24(32)27-13-18-7-9-22(25-12-18)30-15-28-20-5-3-4-6-21(20)30/h3-12,14-15H,13H2,1-2H3,(H,27,32). The van der Waals surface area contributed by atoms with Crippen LogP contribution in [-0.4, -0.2) is 35.2 Å². The highest BCUT2D eigenvalue weighted by Crippen LogP contribution is 2.16. The molecule has 0 atom stereocenters. The lowest BCUT2D eigenvalue weighted by molar-refractivity contribution is 0.0950. The Hall–Kier alpha value is -4.33. The molecule has 0 spiro atoms. The number of rotatable bonds is 5. The topological polar surface area (TPSA) is 90.5 Å². The molecule has 0 aliphatic carbocycles. The molecule has 8 heteroatoms. The molecule has 8 nitrogen and oxygen atoms in total. The van der Waals surface area contributed by atoms with Gasteiger partial charge in [-0.15, -0.1) is 0 Å². The number of para-hydroxylation sites is 2. The van der Waals surface area contributed by atoms with Gasteiger partial charge in [-0.2, -0.15) is 5.10 Å². The Morgan fingerprint density at radius 1 is 0.938 bits per heavy atom. The number of hydrogen-bond donors (Lipinski definition) is 1. The Morgan fingerprint density at radius 2 is 1.75 bits per heavy atom. The Bertz CT molecular complexity index is 1400. The molecule has 0 saturated carbocycles. The third-order valence-electron chi connectivity index (χ3n) is 5.20. The second-order valence-electron chi connectivity index (χ2n) is 7.55. The number of amides is 1. The number of nitrogens with zero attached hydrogens (tertiary/aromatic N) is 6. The molecule has 1 aromatic carbocycles. The van der Waals surface area contributed by atoms with Crippen LogP contribution in [0.3, 0.4) is 0 Å². The van der Waals surface area contributed by atoms with Gasteiger partial charge in [-0.25, -0.2) is 19.6 Å². The van der Waals surface area contributed by atoms with Crippen molar-refractivity contribution in [3.05, 3.63) is 95.8 Å². The summed E-state index contributed by atoms with van der Waals surface area (Å²) < 4.78 is 3.70. The van der Waals surface area contributed by atoms with Crippen molar-refractivity contribution in [1.29, 1.82) is 0 Å². The van der Waals surface area contributed by atoms with Gasteiger partial charge < -0.3 is 5.32 Å². The van der Waals surface area contributed by atoms with Crippen molar-refractivity contribution >= 4 is 16.9 Å². The minimum absolute atomic E-state index is 0.193. The van der Waals surface area contributed by atoms with E-state index in [1.54, 1.807) is 35.5 Å². The average molecular weight is 423 g/mol. The van der Waals surface area contributed by atoms with Gasteiger partial charge in [-0.3, -0.25) is 9.36 Å². The van der Waals surface area contributed by atoms with Crippen molar-refractivity contribution in [1.82, 2.24) is 34.6 Å². The minimum atomic E-state index is -0.193. The van der Waals surface area contributed by atoms with Gasteiger partial charge in [0.2, 0.25) is 0 Å². The van der Waals surface area contributed by atoms with Gasteiger partial charge in [-0.1, -0.05) is 18.2 Å². The van der Waals surface area contributed by atoms with Crippen LogP contribution in [0.25, 0.3) is 22.7 Å². The van der Waals surface area contributed by atoms with Crippen LogP contribution in [0.1, 0.15) is 27.3 Å². The van der Waals surface area contributed by atoms with Crippen molar-refractivity contribution in [3.63, 3.8) is 0 Å². The summed E-state index contributed by atoms with van der Waals surface area (Å²) in [5.41, 5.74) is 5.22. The molecule has 0 aliphatic heterocycles. The fourth-order valence-corrected chi connectivity index (χ4v) is 3.60. The van der Waals surface area contributed by atoms with E-state index in [0.29, 0.717) is 17.9 Å². The van der Waals surface area contributed by atoms with Crippen LogP contribution < -0.4 is 5.32 Å². The van der Waals surface area contributed by atoms with Crippen LogP contribution in [-0.2, 0) is 6.54 Å². The number of imidazole rings is 1. The van der Waals surface area contributed by atoms with E-state index >= 15 is 0 Å². The highest BCUT2D eigenvalue weighted by molar-refractivity contribution is 5.93. The first-order valence-corrected chi connectivity index (χ1v) is 10.2. The molecule has 4 heterocycles. The zero-order valence-electron chi connectivity index (χ0n) is 17.7. The number of carbonyl (C=O) groups is 1. The second kappa shape index (κ2) is 8.07. The first kappa shape index (κ1) is 19.6. The molecule has 1 amide bonds. The van der Waals surface area contributed by atoms with Gasteiger partial charge >= 0.3 is 0 Å². The smallest absolute Gasteiger partial charge is 0.253 e. The van der Waals surface area contributed by atoms with Gasteiger partial charge in [0.15, 0.2) is 5.82 Å². The van der Waals surface area contributed by atoms with Crippen LogP contribution >= 0.6 is 0 Å². The van der Waals surface area contributed by atoms with Crippen LogP contribution in [0, 0.1) is 13.8 Å². The zero-order valence-corrected chi connectivity index (χ0v) is 17.7. The molecular weight excluding hydrogens is 402 g/mol. The highest BCUT2D eigenvalue weighted by atomic mass is 16.1. The van der Waals surface area contributed by atoms with Gasteiger partial charge in [0.1, 0.15) is 12.1 Å². The maximum atomic E-state index is 12.5. The van der Waals surface area contributed by atoms with Crippen LogP contribution in [0.5, 0.6) is 0 Å². The predicted molar refractivity (Wildman–Crippen MR) is 121 cm³/mol. The Labute approximate surface area is 184 Å². The summed E-state index contributed by atoms with van der Waals surface area (Å²) in [6, 6.07) is 17.3. The number of nitrogens with one attached hydrogen (secondary N) is 1. The van der Waals surface area contributed by atoms with E-state index in [0.717, 1.165) is 33.8 Å². The summed E-state index contributed by atoms with van der Waals surface area (Å²) >= 11 is 0. The predicted octanol–water partition coefficient (Wildman–Crippen LogP) is 3.55. The molecule has 1 N–H and O–H groups in total. The molecule has 5 aromatic rings. The maximum absolute atomic E-state index is 12.5. The summed E-state index contributed by atoms with van der Waals surface area (Å²) in [6.07, 6.45) is 5.08. The Balaban J connectivity index is 1.24. The molecule has 0 unspecified atom stereocenters. The normalized spacial score (nSPS) is 11.1. The van der Waals surface area contributed by atoms with E-state index < -0.39 is 0 Å². The Morgan fingerprint density at radius 3 is 2.47 bits per heavy atom. The van der Waals surface area contributed by atoms with E-state index in [4.69, 9.17) is 0 Å². The number of pyridine rings is 2. The van der Waals surface area contributed by atoms with Crippen LogP contribution in [0.15, 0.2) is 73.3 Å². The van der Waals surface area contributed by atoms with Gasteiger partial charge in [0.25, 0.3) is 5.91 Å². The molecule has 4 aromatic heterocycles. The first-order chi connectivity index (χ1) is 15.6. The van der Waals surface area contributed by atoms with Gasteiger partial charge in [-0.05, 0) is 55.8 Å². The van der Waals surface area contributed by atoms with Crippen LogP contribution in [0.4, 0.5) is 0 Å². The third kappa shape index (κ3) is 3.74. The van der Waals surface area contributed by atoms with Crippen molar-refractivity contribution < 1.29 is 4.79 Å². The quantitative estimate of drug-likeness (QED) is 0.467. The molecule has 0 fully saturated rings. The molecule has 32 heavy (non-hydrogen) atoms. The average Bonchev–Trinajstić information content (AvgIpc) is 3.40. The highest BCUT2D eigenvalue weighted by Gasteiger charge is 2.10. The first-order valence-electron chi connectivity index (χ1n) is 10.2. The summed E-state index contributed by atoms with van der Waals surface area (Å²) in [5.74, 6) is 1.26. The molecule has 158 valence electrons. The van der Waals surface area contributed by atoms with Crippen molar-refractivity contribution in [2.45, 2.75) is 20.4 Å². The molecule has 5 rings (SSSR count). The molecule has 0 saturated heterocycles. The zero-order chi connectivity index (χ0) is 22.1. The lowest BCUT2D eigenvalue weighted by Crippen LogP contribution is -2.23. The second-order valence-corrected chi connectivity index (χ2v) is 7.55. The fourth-order valence-electron chi connectivity index (χ4n) is 3.60.